The van der Waals surface area contributed by atoms with Crippen molar-refractivity contribution in [3.05, 3.63) is 108 Å². The number of hydrogen-bond acceptors (Lipinski definition) is 4. The summed E-state index contributed by atoms with van der Waals surface area (Å²) in [6.45, 7) is 1.89. The maximum atomic E-state index is 12.8. The number of anilines is 3. The van der Waals surface area contributed by atoms with Crippen LogP contribution in [0.5, 0.6) is 0 Å². The number of carbonyl (C=O) groups excluding carboxylic acids is 2. The van der Waals surface area contributed by atoms with E-state index in [0.717, 1.165) is 33.3 Å². The highest BCUT2D eigenvalue weighted by molar-refractivity contribution is 6.08. The highest BCUT2D eigenvalue weighted by Crippen LogP contribution is 2.26. The number of esters is 1. The van der Waals surface area contributed by atoms with Crippen LogP contribution in [-0.4, -0.2) is 19.0 Å². The second-order valence-corrected chi connectivity index (χ2v) is 7.62. The van der Waals surface area contributed by atoms with Crippen molar-refractivity contribution < 1.29 is 14.3 Å². The Labute approximate surface area is 192 Å². The molecular weight excluding hydrogens is 412 g/mol. The molecule has 5 nitrogen and oxygen atoms in total. The normalized spacial score (nSPS) is 11.2. The Morgan fingerprint density at radius 2 is 1.52 bits per heavy atom. The number of para-hydroxylation sites is 1. The Balaban J connectivity index is 1.59. The first-order valence-corrected chi connectivity index (χ1v) is 10.6. The molecule has 0 unspecified atom stereocenters. The lowest BCUT2D eigenvalue weighted by atomic mass is 10.0. The first-order chi connectivity index (χ1) is 16.0. The lowest BCUT2D eigenvalue weighted by molar-refractivity contribution is -0.111. The average molecular weight is 437 g/mol. The first-order valence-electron chi connectivity index (χ1n) is 10.6. The molecule has 0 atom stereocenters. The summed E-state index contributed by atoms with van der Waals surface area (Å²) < 4.78 is 4.88. The third-order valence-corrected chi connectivity index (χ3v) is 5.30. The van der Waals surface area contributed by atoms with Gasteiger partial charge in [0, 0.05) is 17.5 Å². The van der Waals surface area contributed by atoms with Crippen LogP contribution in [0.3, 0.4) is 0 Å². The molecule has 0 fully saturated rings. The summed E-state index contributed by atoms with van der Waals surface area (Å²) in [6, 6.07) is 28.9. The van der Waals surface area contributed by atoms with Crippen molar-refractivity contribution >= 4 is 45.3 Å². The fourth-order valence-corrected chi connectivity index (χ4v) is 3.58. The zero-order valence-corrected chi connectivity index (χ0v) is 18.5. The van der Waals surface area contributed by atoms with E-state index in [1.165, 1.54) is 13.2 Å². The number of allylic oxidation sites excluding steroid dienone is 1. The minimum absolute atomic E-state index is 0.279. The Morgan fingerprint density at radius 1 is 0.788 bits per heavy atom. The summed E-state index contributed by atoms with van der Waals surface area (Å²) in [4.78, 5) is 25.1. The molecule has 0 heterocycles. The zero-order valence-electron chi connectivity index (χ0n) is 18.5. The lowest BCUT2D eigenvalue weighted by Crippen LogP contribution is -2.13. The topological polar surface area (TPSA) is 67.4 Å². The van der Waals surface area contributed by atoms with E-state index in [-0.39, 0.29) is 11.5 Å². The summed E-state index contributed by atoms with van der Waals surface area (Å²) in [5.74, 6) is -0.852. The van der Waals surface area contributed by atoms with Crippen molar-refractivity contribution in [2.75, 3.05) is 17.7 Å². The number of nitrogens with one attached hydrogen (secondary N) is 2. The van der Waals surface area contributed by atoms with Crippen LogP contribution in [0.25, 0.3) is 16.3 Å². The predicted molar refractivity (Wildman–Crippen MR) is 134 cm³/mol. The number of fused-ring (bicyclic) bond motifs is 1. The van der Waals surface area contributed by atoms with Gasteiger partial charge in [0.05, 0.1) is 18.4 Å². The molecule has 1 amide bonds. The molecule has 0 aliphatic rings. The molecule has 2 N–H and O–H groups in total. The number of ether oxygens (including phenoxy) is 1. The van der Waals surface area contributed by atoms with Crippen LogP contribution < -0.4 is 10.6 Å². The van der Waals surface area contributed by atoms with E-state index >= 15 is 0 Å². The van der Waals surface area contributed by atoms with E-state index in [0.29, 0.717) is 5.69 Å². The van der Waals surface area contributed by atoms with Gasteiger partial charge in [0.1, 0.15) is 0 Å². The van der Waals surface area contributed by atoms with E-state index in [2.05, 4.69) is 22.8 Å². The lowest BCUT2D eigenvalue weighted by Gasteiger charge is -2.13. The maximum Gasteiger partial charge on any atom is 0.339 e. The van der Waals surface area contributed by atoms with Crippen LogP contribution in [-0.2, 0) is 9.53 Å². The summed E-state index contributed by atoms with van der Waals surface area (Å²) in [7, 11) is 1.31. The summed E-state index contributed by atoms with van der Waals surface area (Å²) in [5, 5.41) is 8.35. The van der Waals surface area contributed by atoms with Crippen LogP contribution in [0.2, 0.25) is 0 Å². The van der Waals surface area contributed by atoms with Crippen LogP contribution in [0.1, 0.15) is 22.8 Å². The smallest absolute Gasteiger partial charge is 0.339 e. The Hall–Kier alpha value is -4.38. The molecule has 0 radical (unpaired) electrons. The first kappa shape index (κ1) is 21.8. The number of amides is 1. The third kappa shape index (κ3) is 5.28. The highest BCUT2D eigenvalue weighted by atomic mass is 16.5. The molecule has 164 valence electrons. The third-order valence-electron chi connectivity index (χ3n) is 5.30. The van der Waals surface area contributed by atoms with Gasteiger partial charge in [-0.2, -0.15) is 0 Å². The molecule has 0 saturated heterocycles. The van der Waals surface area contributed by atoms with Gasteiger partial charge in [0.2, 0.25) is 5.91 Å². The van der Waals surface area contributed by atoms with E-state index in [9.17, 15) is 9.59 Å². The molecule has 33 heavy (non-hydrogen) atoms. The van der Waals surface area contributed by atoms with E-state index in [1.54, 1.807) is 18.2 Å². The van der Waals surface area contributed by atoms with E-state index in [4.69, 9.17) is 4.74 Å². The quantitative estimate of drug-likeness (QED) is 0.271. The minimum atomic E-state index is -0.521. The standard InChI is InChI=1S/C28H24N2O3/c1-19(21-13-12-20-8-6-7-9-22(20)17-21)16-27(31)30-26-18-24(14-15-25(26)28(32)33-2)29-23-10-4-3-5-11-23/h3-18,29H,1-2H3,(H,30,31). The molecule has 0 aliphatic carbocycles. The molecule has 4 aromatic rings. The Bertz CT molecular complexity index is 1340. The minimum Gasteiger partial charge on any atom is -0.465 e. The van der Waals surface area contributed by atoms with Crippen molar-refractivity contribution in [1.82, 2.24) is 0 Å². The maximum absolute atomic E-state index is 12.8. The largest absolute Gasteiger partial charge is 0.465 e. The Morgan fingerprint density at radius 3 is 2.27 bits per heavy atom. The molecule has 0 saturated carbocycles. The van der Waals surface area contributed by atoms with Gasteiger partial charge in [-0.3, -0.25) is 4.79 Å². The second kappa shape index (κ2) is 9.83. The summed E-state index contributed by atoms with van der Waals surface area (Å²) in [5.41, 5.74) is 4.05. The fraction of sp³-hybridized carbons (Fsp3) is 0.0714. The van der Waals surface area contributed by atoms with Gasteiger partial charge in [-0.05, 0) is 65.2 Å². The summed E-state index contributed by atoms with van der Waals surface area (Å²) >= 11 is 0. The van der Waals surface area contributed by atoms with Gasteiger partial charge in [-0.15, -0.1) is 0 Å². The fourth-order valence-electron chi connectivity index (χ4n) is 3.58. The molecule has 0 spiro atoms. The Kier molecular flexibility index (Phi) is 6.51. The zero-order chi connectivity index (χ0) is 23.2. The van der Waals surface area contributed by atoms with Gasteiger partial charge >= 0.3 is 5.97 Å². The molecular formula is C28H24N2O3. The highest BCUT2D eigenvalue weighted by Gasteiger charge is 2.15. The van der Waals surface area contributed by atoms with Crippen LogP contribution in [0, 0.1) is 0 Å². The molecule has 0 bridgehead atoms. The molecule has 0 aromatic heterocycles. The van der Waals surface area contributed by atoms with Crippen molar-refractivity contribution in [2.24, 2.45) is 0 Å². The van der Waals surface area contributed by atoms with E-state index in [1.807, 2.05) is 67.6 Å². The van der Waals surface area contributed by atoms with Crippen LogP contribution in [0.4, 0.5) is 17.1 Å². The number of rotatable bonds is 6. The van der Waals surface area contributed by atoms with Gasteiger partial charge in [0.15, 0.2) is 0 Å². The van der Waals surface area contributed by atoms with Crippen molar-refractivity contribution in [1.29, 1.82) is 0 Å². The number of benzene rings is 4. The monoisotopic (exact) mass is 436 g/mol. The number of hydrogen-bond donors (Lipinski definition) is 2. The van der Waals surface area contributed by atoms with Crippen LogP contribution in [0.15, 0.2) is 97.1 Å². The number of carbonyl (C=O) groups is 2. The van der Waals surface area contributed by atoms with Gasteiger partial charge in [0.25, 0.3) is 0 Å². The average Bonchev–Trinajstić information content (AvgIpc) is 2.84. The van der Waals surface area contributed by atoms with E-state index < -0.39 is 5.97 Å². The van der Waals surface area contributed by atoms with Crippen molar-refractivity contribution in [2.45, 2.75) is 6.92 Å². The second-order valence-electron chi connectivity index (χ2n) is 7.62. The number of methoxy groups -OCH3 is 1. The van der Waals surface area contributed by atoms with Gasteiger partial charge < -0.3 is 15.4 Å². The molecule has 4 aromatic carbocycles. The SMILES string of the molecule is COC(=O)c1ccc(Nc2ccccc2)cc1NC(=O)C=C(C)c1ccc2ccccc2c1. The molecule has 4 rings (SSSR count). The van der Waals surface area contributed by atoms with Crippen molar-refractivity contribution in [3.63, 3.8) is 0 Å². The summed E-state index contributed by atoms with van der Waals surface area (Å²) in [6.07, 6.45) is 1.53. The van der Waals surface area contributed by atoms with Gasteiger partial charge in [-0.25, -0.2) is 4.79 Å². The predicted octanol–water partition coefficient (Wildman–Crippen LogP) is 6.41. The molecule has 0 aliphatic heterocycles. The van der Waals surface area contributed by atoms with Crippen LogP contribution >= 0.6 is 0 Å². The molecule has 5 heteroatoms. The van der Waals surface area contributed by atoms with Gasteiger partial charge in [-0.1, -0.05) is 54.6 Å². The van der Waals surface area contributed by atoms with Crippen molar-refractivity contribution in [3.8, 4) is 0 Å².